The molecule has 90 valence electrons. The first-order valence-corrected chi connectivity index (χ1v) is 7.18. The van der Waals surface area contributed by atoms with Crippen LogP contribution < -0.4 is 0 Å². The van der Waals surface area contributed by atoms with E-state index < -0.39 is 0 Å². The quantitative estimate of drug-likeness (QED) is 0.717. The van der Waals surface area contributed by atoms with Gasteiger partial charge in [0.2, 0.25) is 0 Å². The average Bonchev–Trinajstić information content (AvgIpc) is 2.26. The van der Waals surface area contributed by atoms with Crippen LogP contribution in [0.4, 0.5) is 0 Å². The molecule has 1 saturated heterocycles. The van der Waals surface area contributed by atoms with Gasteiger partial charge in [0.1, 0.15) is 0 Å². The topological polar surface area (TPSA) is 12.5 Å². The number of ether oxygens (including phenoxy) is 1. The minimum absolute atomic E-state index is 0.403. The monoisotopic (exact) mass is 277 g/mol. The van der Waals surface area contributed by atoms with Crippen LogP contribution in [0, 0.1) is 5.41 Å². The van der Waals surface area contributed by atoms with Gasteiger partial charge in [-0.2, -0.15) is 0 Å². The zero-order chi connectivity index (χ0) is 11.3. The molecule has 0 amide bonds. The summed E-state index contributed by atoms with van der Waals surface area (Å²) < 4.78 is 5.57. The maximum Gasteiger partial charge on any atom is 0.0674 e. The third kappa shape index (κ3) is 3.72. The van der Waals surface area contributed by atoms with Gasteiger partial charge < -0.3 is 4.74 Å². The van der Waals surface area contributed by atoms with Crippen LogP contribution in [0.15, 0.2) is 0 Å². The highest BCUT2D eigenvalue weighted by molar-refractivity contribution is 9.09. The standard InChI is InChI=1S/C12H24BrNO/c1-4-12(5-2,9-13)10-14-6-7-15-11(3)8-14/h11H,4-10H2,1-3H3. The second-order valence-electron chi connectivity index (χ2n) is 4.76. The van der Waals surface area contributed by atoms with Gasteiger partial charge in [-0.3, -0.25) is 4.90 Å². The Hall–Kier alpha value is 0.400. The van der Waals surface area contributed by atoms with Crippen LogP contribution in [-0.4, -0.2) is 42.6 Å². The van der Waals surface area contributed by atoms with E-state index >= 15 is 0 Å². The van der Waals surface area contributed by atoms with Crippen LogP contribution in [0.25, 0.3) is 0 Å². The normalized spacial score (nSPS) is 24.4. The lowest BCUT2D eigenvalue weighted by atomic mass is 9.84. The first kappa shape index (κ1) is 13.5. The molecule has 0 aromatic heterocycles. The Labute approximate surface area is 102 Å². The number of nitrogens with zero attached hydrogens (tertiary/aromatic N) is 1. The summed E-state index contributed by atoms with van der Waals surface area (Å²) in [5.74, 6) is 0. The van der Waals surface area contributed by atoms with Gasteiger partial charge >= 0.3 is 0 Å². The minimum atomic E-state index is 0.403. The number of hydrogen-bond acceptors (Lipinski definition) is 2. The van der Waals surface area contributed by atoms with Crippen molar-refractivity contribution in [3.8, 4) is 0 Å². The molecule has 0 bridgehead atoms. The maximum atomic E-state index is 5.57. The molecular weight excluding hydrogens is 254 g/mol. The van der Waals surface area contributed by atoms with E-state index in [0.29, 0.717) is 11.5 Å². The van der Waals surface area contributed by atoms with Crippen molar-refractivity contribution in [2.75, 3.05) is 31.6 Å². The zero-order valence-electron chi connectivity index (χ0n) is 10.3. The van der Waals surface area contributed by atoms with Crippen LogP contribution in [0.3, 0.4) is 0 Å². The van der Waals surface area contributed by atoms with Crippen molar-refractivity contribution in [2.24, 2.45) is 5.41 Å². The molecule has 0 saturated carbocycles. The van der Waals surface area contributed by atoms with Gasteiger partial charge in [0.15, 0.2) is 0 Å². The van der Waals surface area contributed by atoms with Crippen LogP contribution in [0.2, 0.25) is 0 Å². The van der Waals surface area contributed by atoms with E-state index in [1.807, 2.05) is 0 Å². The largest absolute Gasteiger partial charge is 0.376 e. The fourth-order valence-corrected chi connectivity index (χ4v) is 3.18. The third-order valence-electron chi connectivity index (χ3n) is 3.67. The van der Waals surface area contributed by atoms with Gasteiger partial charge in [0, 0.05) is 25.0 Å². The summed E-state index contributed by atoms with van der Waals surface area (Å²) >= 11 is 3.68. The summed E-state index contributed by atoms with van der Waals surface area (Å²) in [6, 6.07) is 0. The van der Waals surface area contributed by atoms with Crippen molar-refractivity contribution in [3.63, 3.8) is 0 Å². The number of rotatable bonds is 5. The molecule has 0 aromatic rings. The lowest BCUT2D eigenvalue weighted by Crippen LogP contribution is -2.47. The molecule has 15 heavy (non-hydrogen) atoms. The van der Waals surface area contributed by atoms with E-state index in [4.69, 9.17) is 4.74 Å². The summed E-state index contributed by atoms with van der Waals surface area (Å²) in [7, 11) is 0. The molecule has 0 spiro atoms. The SMILES string of the molecule is CCC(CC)(CBr)CN1CCOC(C)C1. The van der Waals surface area contributed by atoms with E-state index in [9.17, 15) is 0 Å². The maximum absolute atomic E-state index is 5.57. The number of halogens is 1. The van der Waals surface area contributed by atoms with Gasteiger partial charge in [-0.25, -0.2) is 0 Å². The molecule has 0 N–H and O–H groups in total. The number of hydrogen-bond donors (Lipinski definition) is 0. The molecule has 3 heteroatoms. The Morgan fingerprint density at radius 1 is 1.40 bits per heavy atom. The fraction of sp³-hybridized carbons (Fsp3) is 1.00. The molecule has 1 heterocycles. The fourth-order valence-electron chi connectivity index (χ4n) is 2.21. The zero-order valence-corrected chi connectivity index (χ0v) is 11.8. The first-order valence-electron chi connectivity index (χ1n) is 6.05. The van der Waals surface area contributed by atoms with E-state index in [1.54, 1.807) is 0 Å². The minimum Gasteiger partial charge on any atom is -0.376 e. The van der Waals surface area contributed by atoms with Gasteiger partial charge in [-0.05, 0) is 25.2 Å². The smallest absolute Gasteiger partial charge is 0.0674 e. The summed E-state index contributed by atoms with van der Waals surface area (Å²) in [6.45, 7) is 11.1. The molecule has 2 nitrogen and oxygen atoms in total. The Bertz CT molecular complexity index is 174. The predicted octanol–water partition coefficient (Wildman–Crippen LogP) is 2.91. The molecule has 0 aromatic carbocycles. The number of alkyl halides is 1. The molecule has 1 rings (SSSR count). The van der Waals surface area contributed by atoms with Crippen molar-refractivity contribution in [1.82, 2.24) is 4.90 Å². The van der Waals surface area contributed by atoms with E-state index in [-0.39, 0.29) is 0 Å². The lowest BCUT2D eigenvalue weighted by molar-refractivity contribution is -0.0309. The molecule has 1 aliphatic heterocycles. The Morgan fingerprint density at radius 3 is 2.53 bits per heavy atom. The summed E-state index contributed by atoms with van der Waals surface area (Å²) in [5, 5.41) is 1.11. The molecule has 0 aliphatic carbocycles. The van der Waals surface area contributed by atoms with E-state index in [0.717, 1.165) is 25.0 Å². The van der Waals surface area contributed by atoms with Gasteiger partial charge in [0.05, 0.1) is 12.7 Å². The first-order chi connectivity index (χ1) is 7.15. The Kier molecular flexibility index (Phi) is 5.58. The molecule has 1 atom stereocenters. The summed E-state index contributed by atoms with van der Waals surface area (Å²) in [4.78, 5) is 2.56. The van der Waals surface area contributed by atoms with Crippen LogP contribution >= 0.6 is 15.9 Å². The van der Waals surface area contributed by atoms with Gasteiger partial charge in [-0.1, -0.05) is 29.8 Å². The van der Waals surface area contributed by atoms with Crippen molar-refractivity contribution in [1.29, 1.82) is 0 Å². The van der Waals surface area contributed by atoms with Crippen molar-refractivity contribution >= 4 is 15.9 Å². The summed E-state index contributed by atoms with van der Waals surface area (Å²) in [5.41, 5.74) is 0.455. The van der Waals surface area contributed by atoms with E-state index in [2.05, 4.69) is 41.6 Å². The summed E-state index contributed by atoms with van der Waals surface area (Å²) in [6.07, 6.45) is 2.90. The Balaban J connectivity index is 2.49. The molecule has 1 fully saturated rings. The van der Waals surface area contributed by atoms with Crippen LogP contribution in [0.5, 0.6) is 0 Å². The lowest BCUT2D eigenvalue weighted by Gasteiger charge is -2.39. The molecule has 0 radical (unpaired) electrons. The average molecular weight is 278 g/mol. The molecule has 1 aliphatic rings. The second kappa shape index (κ2) is 6.21. The van der Waals surface area contributed by atoms with Crippen molar-refractivity contribution < 1.29 is 4.74 Å². The van der Waals surface area contributed by atoms with Crippen LogP contribution in [-0.2, 0) is 4.74 Å². The van der Waals surface area contributed by atoms with Gasteiger partial charge in [0.25, 0.3) is 0 Å². The number of morpholine rings is 1. The highest BCUT2D eigenvalue weighted by atomic mass is 79.9. The highest BCUT2D eigenvalue weighted by Crippen LogP contribution is 2.30. The third-order valence-corrected chi connectivity index (χ3v) is 4.86. The van der Waals surface area contributed by atoms with Crippen molar-refractivity contribution in [3.05, 3.63) is 0 Å². The molecular formula is C12H24BrNO. The van der Waals surface area contributed by atoms with Gasteiger partial charge in [-0.15, -0.1) is 0 Å². The van der Waals surface area contributed by atoms with Crippen molar-refractivity contribution in [2.45, 2.75) is 39.7 Å². The predicted molar refractivity (Wildman–Crippen MR) is 68.7 cm³/mol. The molecule has 1 unspecified atom stereocenters. The Morgan fingerprint density at radius 2 is 2.07 bits per heavy atom. The highest BCUT2D eigenvalue weighted by Gasteiger charge is 2.29. The van der Waals surface area contributed by atoms with Crippen LogP contribution in [0.1, 0.15) is 33.6 Å². The van der Waals surface area contributed by atoms with E-state index in [1.165, 1.54) is 19.4 Å². The second-order valence-corrected chi connectivity index (χ2v) is 5.32.